The standard InChI is InChI=1S/C13H17F3N2O2/c14-13(15,16)10-3-1-4-11(9-10)20-8-7-18-12(19)5-2-6-17/h1,3-4,9H,2,5-8,17H2,(H,18,19). The minimum Gasteiger partial charge on any atom is -0.492 e. The summed E-state index contributed by atoms with van der Waals surface area (Å²) in [6.07, 6.45) is -3.46. The number of nitrogens with one attached hydrogen (secondary N) is 1. The summed E-state index contributed by atoms with van der Waals surface area (Å²) in [4.78, 5) is 11.2. The van der Waals surface area contributed by atoms with E-state index in [1.54, 1.807) is 0 Å². The molecule has 1 amide bonds. The molecule has 3 N–H and O–H groups in total. The Morgan fingerprint density at radius 1 is 1.35 bits per heavy atom. The molecule has 0 saturated heterocycles. The Bertz CT molecular complexity index is 436. The van der Waals surface area contributed by atoms with Gasteiger partial charge in [0.1, 0.15) is 12.4 Å². The smallest absolute Gasteiger partial charge is 0.416 e. The van der Waals surface area contributed by atoms with Crippen molar-refractivity contribution < 1.29 is 22.7 Å². The normalized spacial score (nSPS) is 11.2. The molecule has 1 rings (SSSR count). The lowest BCUT2D eigenvalue weighted by Gasteiger charge is -2.10. The van der Waals surface area contributed by atoms with Gasteiger partial charge in [-0.1, -0.05) is 6.07 Å². The topological polar surface area (TPSA) is 64.4 Å². The number of amides is 1. The summed E-state index contributed by atoms with van der Waals surface area (Å²) in [5.41, 5.74) is 4.50. The molecule has 112 valence electrons. The third-order valence-electron chi connectivity index (χ3n) is 2.46. The van der Waals surface area contributed by atoms with E-state index in [2.05, 4.69) is 5.32 Å². The zero-order valence-corrected chi connectivity index (χ0v) is 10.9. The second kappa shape index (κ2) is 7.74. The molecule has 0 aliphatic carbocycles. The molecule has 1 aromatic rings. The van der Waals surface area contributed by atoms with Crippen molar-refractivity contribution in [2.24, 2.45) is 5.73 Å². The summed E-state index contributed by atoms with van der Waals surface area (Å²) in [6, 6.07) is 4.61. The van der Waals surface area contributed by atoms with Gasteiger partial charge in [0.05, 0.1) is 12.1 Å². The first-order valence-corrected chi connectivity index (χ1v) is 6.20. The Kier molecular flexibility index (Phi) is 6.30. The molecule has 0 aliphatic heterocycles. The van der Waals surface area contributed by atoms with Crippen molar-refractivity contribution in [2.45, 2.75) is 19.0 Å². The van der Waals surface area contributed by atoms with E-state index in [4.69, 9.17) is 10.5 Å². The number of rotatable bonds is 7. The molecule has 0 spiro atoms. The van der Waals surface area contributed by atoms with Crippen LogP contribution in [0.4, 0.5) is 13.2 Å². The predicted octanol–water partition coefficient (Wildman–Crippen LogP) is 1.94. The lowest BCUT2D eigenvalue weighted by Crippen LogP contribution is -2.28. The van der Waals surface area contributed by atoms with E-state index in [9.17, 15) is 18.0 Å². The van der Waals surface area contributed by atoms with E-state index < -0.39 is 11.7 Å². The van der Waals surface area contributed by atoms with Crippen LogP contribution in [0, 0.1) is 0 Å². The molecule has 1 aromatic carbocycles. The molecule has 0 unspecified atom stereocenters. The van der Waals surface area contributed by atoms with Gasteiger partial charge in [0.2, 0.25) is 5.91 Å². The van der Waals surface area contributed by atoms with Gasteiger partial charge < -0.3 is 15.8 Å². The summed E-state index contributed by atoms with van der Waals surface area (Å²) in [6.45, 7) is 0.781. The number of carbonyl (C=O) groups is 1. The maximum Gasteiger partial charge on any atom is 0.416 e. The summed E-state index contributed by atoms with van der Waals surface area (Å²) in [5.74, 6) is -0.0286. The first kappa shape index (κ1) is 16.3. The van der Waals surface area contributed by atoms with Gasteiger partial charge in [0.25, 0.3) is 0 Å². The van der Waals surface area contributed by atoms with Gasteiger partial charge in [-0.05, 0) is 31.2 Å². The van der Waals surface area contributed by atoms with Crippen LogP contribution in [0.2, 0.25) is 0 Å². The molecular formula is C13H17F3N2O2. The monoisotopic (exact) mass is 290 g/mol. The van der Waals surface area contributed by atoms with Crippen molar-refractivity contribution >= 4 is 5.91 Å². The molecule has 20 heavy (non-hydrogen) atoms. The van der Waals surface area contributed by atoms with Crippen LogP contribution in [0.5, 0.6) is 5.75 Å². The highest BCUT2D eigenvalue weighted by molar-refractivity contribution is 5.75. The van der Waals surface area contributed by atoms with Crippen molar-refractivity contribution in [3.05, 3.63) is 29.8 Å². The number of alkyl halides is 3. The number of benzene rings is 1. The number of hydrogen-bond donors (Lipinski definition) is 2. The fourth-order valence-corrected chi connectivity index (χ4v) is 1.47. The number of ether oxygens (including phenoxy) is 1. The molecule has 7 heteroatoms. The largest absolute Gasteiger partial charge is 0.492 e. The van der Waals surface area contributed by atoms with Gasteiger partial charge in [0.15, 0.2) is 0 Å². The fraction of sp³-hybridized carbons (Fsp3) is 0.462. The summed E-state index contributed by atoms with van der Waals surface area (Å²) in [7, 11) is 0. The number of halogens is 3. The van der Waals surface area contributed by atoms with Crippen LogP contribution in [0.1, 0.15) is 18.4 Å². The van der Waals surface area contributed by atoms with Crippen LogP contribution in [0.15, 0.2) is 24.3 Å². The zero-order valence-electron chi connectivity index (χ0n) is 10.9. The molecule has 4 nitrogen and oxygen atoms in total. The number of hydrogen-bond acceptors (Lipinski definition) is 3. The number of nitrogens with two attached hydrogens (primary N) is 1. The van der Waals surface area contributed by atoms with Gasteiger partial charge in [-0.25, -0.2) is 0 Å². The molecule has 0 heterocycles. The minimum absolute atomic E-state index is 0.107. The average Bonchev–Trinajstić information content (AvgIpc) is 2.41. The number of carbonyl (C=O) groups excluding carboxylic acids is 1. The maximum atomic E-state index is 12.5. The highest BCUT2D eigenvalue weighted by atomic mass is 19.4. The molecule has 0 atom stereocenters. The van der Waals surface area contributed by atoms with E-state index in [0.717, 1.165) is 12.1 Å². The van der Waals surface area contributed by atoms with Gasteiger partial charge in [-0.15, -0.1) is 0 Å². The van der Waals surface area contributed by atoms with Gasteiger partial charge in [-0.3, -0.25) is 4.79 Å². The Labute approximate surface area is 115 Å². The van der Waals surface area contributed by atoms with Crippen molar-refractivity contribution in [1.82, 2.24) is 5.32 Å². The van der Waals surface area contributed by atoms with Crippen LogP contribution in [-0.2, 0) is 11.0 Å². The third kappa shape index (κ3) is 5.92. The maximum absolute atomic E-state index is 12.5. The molecule has 0 aliphatic rings. The first-order valence-electron chi connectivity index (χ1n) is 6.20. The van der Waals surface area contributed by atoms with Gasteiger partial charge in [-0.2, -0.15) is 13.2 Å². The van der Waals surface area contributed by atoms with Gasteiger partial charge >= 0.3 is 6.18 Å². The molecule has 0 bridgehead atoms. The Balaban J connectivity index is 2.34. The molecule has 0 radical (unpaired) electrons. The van der Waals surface area contributed by atoms with Crippen molar-refractivity contribution in [1.29, 1.82) is 0 Å². The van der Waals surface area contributed by atoms with Gasteiger partial charge in [0, 0.05) is 6.42 Å². The van der Waals surface area contributed by atoms with E-state index in [1.165, 1.54) is 12.1 Å². The molecular weight excluding hydrogens is 273 g/mol. The van der Waals surface area contributed by atoms with Crippen molar-refractivity contribution in [3.8, 4) is 5.75 Å². The Morgan fingerprint density at radius 3 is 2.75 bits per heavy atom. The van der Waals surface area contributed by atoms with Crippen LogP contribution in [0.3, 0.4) is 0 Å². The lowest BCUT2D eigenvalue weighted by molar-refractivity contribution is -0.137. The highest BCUT2D eigenvalue weighted by Gasteiger charge is 2.30. The van der Waals surface area contributed by atoms with Crippen molar-refractivity contribution in [3.63, 3.8) is 0 Å². The quantitative estimate of drug-likeness (QED) is 0.754. The molecule has 0 aromatic heterocycles. The Morgan fingerprint density at radius 2 is 2.10 bits per heavy atom. The second-order valence-electron chi connectivity index (χ2n) is 4.12. The van der Waals surface area contributed by atoms with Crippen LogP contribution >= 0.6 is 0 Å². The summed E-state index contributed by atoms with van der Waals surface area (Å²) in [5, 5.41) is 2.59. The van der Waals surface area contributed by atoms with E-state index in [0.29, 0.717) is 19.4 Å². The first-order chi connectivity index (χ1) is 9.43. The van der Waals surface area contributed by atoms with Crippen molar-refractivity contribution in [2.75, 3.05) is 19.7 Å². The summed E-state index contributed by atoms with van der Waals surface area (Å²) >= 11 is 0. The fourth-order valence-electron chi connectivity index (χ4n) is 1.47. The zero-order chi connectivity index (χ0) is 15.0. The minimum atomic E-state index is -4.39. The predicted molar refractivity (Wildman–Crippen MR) is 68.2 cm³/mol. The average molecular weight is 290 g/mol. The Hall–Kier alpha value is -1.76. The molecule has 0 fully saturated rings. The third-order valence-corrected chi connectivity index (χ3v) is 2.46. The van der Waals surface area contributed by atoms with E-state index in [-0.39, 0.29) is 24.8 Å². The SMILES string of the molecule is NCCCC(=O)NCCOc1cccc(C(F)(F)F)c1. The lowest BCUT2D eigenvalue weighted by atomic mass is 10.2. The highest BCUT2D eigenvalue weighted by Crippen LogP contribution is 2.31. The van der Waals surface area contributed by atoms with E-state index in [1.807, 2.05) is 0 Å². The second-order valence-corrected chi connectivity index (χ2v) is 4.12. The molecule has 0 saturated carbocycles. The van der Waals surface area contributed by atoms with Crippen LogP contribution in [0.25, 0.3) is 0 Å². The van der Waals surface area contributed by atoms with E-state index >= 15 is 0 Å². The van der Waals surface area contributed by atoms with Crippen LogP contribution in [-0.4, -0.2) is 25.6 Å². The van der Waals surface area contributed by atoms with Crippen LogP contribution < -0.4 is 15.8 Å². The summed E-state index contributed by atoms with van der Waals surface area (Å²) < 4.78 is 42.5.